The zero-order chi connectivity index (χ0) is 18.8. The van der Waals surface area contributed by atoms with E-state index in [4.69, 9.17) is 9.15 Å². The monoisotopic (exact) mass is 350 g/mol. The summed E-state index contributed by atoms with van der Waals surface area (Å²) in [6.45, 7) is 9.36. The second kappa shape index (κ2) is 7.39. The van der Waals surface area contributed by atoms with Gasteiger partial charge in [0.25, 0.3) is 5.91 Å². The standard InChI is InChI=1S/C18H26N2O5/c1-10-12(6-7-24-10)16(22)19-13(8-18(3,4)5)17(23)20-15-11(2)25-9-14(15)21/h6-7,11,13,15H,8-9H2,1-5H3,(H,19,22)(H,20,23)/t11-,13?,15-/m0/s1. The van der Waals surface area contributed by atoms with E-state index in [0.29, 0.717) is 17.7 Å². The van der Waals surface area contributed by atoms with E-state index in [9.17, 15) is 14.4 Å². The van der Waals surface area contributed by atoms with Crippen LogP contribution in [0.4, 0.5) is 0 Å². The Morgan fingerprint density at radius 2 is 2.04 bits per heavy atom. The molecule has 2 N–H and O–H groups in total. The molecule has 1 saturated heterocycles. The van der Waals surface area contributed by atoms with Crippen LogP contribution in [0.2, 0.25) is 0 Å². The SMILES string of the molecule is Cc1occc1C(=O)NC(CC(C)(C)C)C(=O)N[C@@H]1C(=O)CO[C@H]1C. The fourth-order valence-corrected chi connectivity index (χ4v) is 2.79. The molecule has 138 valence electrons. The molecule has 1 aromatic heterocycles. The van der Waals surface area contributed by atoms with Gasteiger partial charge in [-0.15, -0.1) is 0 Å². The van der Waals surface area contributed by atoms with E-state index < -0.39 is 12.1 Å². The van der Waals surface area contributed by atoms with Crippen molar-refractivity contribution >= 4 is 17.6 Å². The Labute approximate surface area is 147 Å². The zero-order valence-corrected chi connectivity index (χ0v) is 15.3. The minimum absolute atomic E-state index is 0.00335. The molecule has 7 heteroatoms. The Morgan fingerprint density at radius 1 is 1.36 bits per heavy atom. The fraction of sp³-hybridized carbons (Fsp3) is 0.611. The number of amides is 2. The molecule has 1 aliphatic heterocycles. The maximum absolute atomic E-state index is 12.7. The average Bonchev–Trinajstić information content (AvgIpc) is 3.05. The smallest absolute Gasteiger partial charge is 0.255 e. The second-order valence-electron chi connectivity index (χ2n) is 7.65. The third-order valence-electron chi connectivity index (χ3n) is 4.14. The molecule has 1 unspecified atom stereocenters. The van der Waals surface area contributed by atoms with Crippen molar-refractivity contribution in [1.82, 2.24) is 10.6 Å². The number of carbonyl (C=O) groups excluding carboxylic acids is 3. The molecule has 1 aliphatic rings. The molecule has 2 heterocycles. The Bertz CT molecular complexity index is 659. The van der Waals surface area contributed by atoms with Crippen LogP contribution < -0.4 is 10.6 Å². The van der Waals surface area contributed by atoms with E-state index in [1.807, 2.05) is 20.8 Å². The van der Waals surface area contributed by atoms with Gasteiger partial charge in [-0.3, -0.25) is 14.4 Å². The number of ether oxygens (including phenoxy) is 1. The minimum Gasteiger partial charge on any atom is -0.469 e. The van der Waals surface area contributed by atoms with Gasteiger partial charge in [-0.1, -0.05) is 20.8 Å². The van der Waals surface area contributed by atoms with Gasteiger partial charge in [0.05, 0.1) is 17.9 Å². The summed E-state index contributed by atoms with van der Waals surface area (Å²) >= 11 is 0. The van der Waals surface area contributed by atoms with Crippen LogP contribution in [0.3, 0.4) is 0 Å². The summed E-state index contributed by atoms with van der Waals surface area (Å²) in [6.07, 6.45) is 1.48. The van der Waals surface area contributed by atoms with Crippen LogP contribution in [0, 0.1) is 12.3 Å². The number of hydrogen-bond donors (Lipinski definition) is 2. The summed E-state index contributed by atoms with van der Waals surface area (Å²) in [5.74, 6) is -0.439. The van der Waals surface area contributed by atoms with Gasteiger partial charge in [0, 0.05) is 0 Å². The molecule has 1 fully saturated rings. The van der Waals surface area contributed by atoms with Crippen LogP contribution >= 0.6 is 0 Å². The van der Waals surface area contributed by atoms with E-state index in [0.717, 1.165) is 0 Å². The summed E-state index contributed by atoms with van der Waals surface area (Å²) in [6, 6.07) is 0.123. The zero-order valence-electron chi connectivity index (χ0n) is 15.3. The molecule has 3 atom stereocenters. The van der Waals surface area contributed by atoms with Crippen LogP contribution in [-0.4, -0.2) is 42.4 Å². The van der Waals surface area contributed by atoms with Gasteiger partial charge in [0.2, 0.25) is 5.91 Å². The molecule has 0 aliphatic carbocycles. The molecular formula is C18H26N2O5. The summed E-state index contributed by atoms with van der Waals surface area (Å²) in [4.78, 5) is 37.0. The van der Waals surface area contributed by atoms with Crippen LogP contribution in [-0.2, 0) is 14.3 Å². The number of ketones is 1. The number of hydrogen-bond acceptors (Lipinski definition) is 5. The molecule has 0 bridgehead atoms. The van der Waals surface area contributed by atoms with Crippen LogP contribution in [0.1, 0.15) is 50.2 Å². The van der Waals surface area contributed by atoms with Crippen LogP contribution in [0.25, 0.3) is 0 Å². The molecule has 0 radical (unpaired) electrons. The van der Waals surface area contributed by atoms with E-state index in [1.165, 1.54) is 6.26 Å². The summed E-state index contributed by atoms with van der Waals surface area (Å²) in [7, 11) is 0. The van der Waals surface area contributed by atoms with Crippen molar-refractivity contribution in [3.8, 4) is 0 Å². The summed E-state index contributed by atoms with van der Waals surface area (Å²) < 4.78 is 10.4. The Balaban J connectivity index is 2.12. The van der Waals surface area contributed by atoms with Crippen molar-refractivity contribution in [2.75, 3.05) is 6.61 Å². The van der Waals surface area contributed by atoms with Gasteiger partial charge in [-0.25, -0.2) is 0 Å². The van der Waals surface area contributed by atoms with Crippen molar-refractivity contribution in [3.05, 3.63) is 23.7 Å². The Kier molecular flexibility index (Phi) is 5.67. The highest BCUT2D eigenvalue weighted by Crippen LogP contribution is 2.22. The van der Waals surface area contributed by atoms with Crippen molar-refractivity contribution in [1.29, 1.82) is 0 Å². The predicted octanol–water partition coefficient (Wildman–Crippen LogP) is 1.60. The minimum atomic E-state index is -0.762. The molecule has 25 heavy (non-hydrogen) atoms. The lowest BCUT2D eigenvalue weighted by Gasteiger charge is -2.27. The van der Waals surface area contributed by atoms with Crippen molar-refractivity contribution in [2.45, 2.75) is 59.2 Å². The first kappa shape index (κ1) is 19.2. The predicted molar refractivity (Wildman–Crippen MR) is 91.1 cm³/mol. The first-order chi connectivity index (χ1) is 11.6. The molecule has 0 spiro atoms. The van der Waals surface area contributed by atoms with Crippen molar-refractivity contribution in [3.63, 3.8) is 0 Å². The van der Waals surface area contributed by atoms with Gasteiger partial charge >= 0.3 is 0 Å². The number of Topliss-reactive ketones (excluding diaryl/α,β-unsaturated/α-hetero) is 1. The lowest BCUT2D eigenvalue weighted by Crippen LogP contribution is -2.53. The quantitative estimate of drug-likeness (QED) is 0.840. The molecule has 2 rings (SSSR count). The second-order valence-corrected chi connectivity index (χ2v) is 7.65. The number of carbonyl (C=O) groups is 3. The number of rotatable bonds is 5. The maximum Gasteiger partial charge on any atom is 0.255 e. The highest BCUT2D eigenvalue weighted by Gasteiger charge is 2.36. The normalized spacial score (nSPS) is 21.9. The number of nitrogens with one attached hydrogen (secondary N) is 2. The van der Waals surface area contributed by atoms with Crippen molar-refractivity contribution in [2.24, 2.45) is 5.41 Å². The molecule has 0 saturated carbocycles. The highest BCUT2D eigenvalue weighted by molar-refractivity contribution is 5.99. The number of aryl methyl sites for hydroxylation is 1. The molecule has 7 nitrogen and oxygen atoms in total. The average molecular weight is 350 g/mol. The number of furan rings is 1. The fourth-order valence-electron chi connectivity index (χ4n) is 2.79. The summed E-state index contributed by atoms with van der Waals surface area (Å²) in [5, 5.41) is 5.47. The maximum atomic E-state index is 12.7. The Morgan fingerprint density at radius 3 is 2.52 bits per heavy atom. The molecular weight excluding hydrogens is 324 g/mol. The van der Waals surface area contributed by atoms with E-state index in [1.54, 1.807) is 19.9 Å². The van der Waals surface area contributed by atoms with Gasteiger partial charge < -0.3 is 19.8 Å². The first-order valence-corrected chi connectivity index (χ1v) is 8.38. The Hall–Kier alpha value is -2.15. The first-order valence-electron chi connectivity index (χ1n) is 8.38. The topological polar surface area (TPSA) is 97.6 Å². The molecule has 2 amide bonds. The van der Waals surface area contributed by atoms with Gasteiger partial charge in [0.15, 0.2) is 5.78 Å². The highest BCUT2D eigenvalue weighted by atomic mass is 16.5. The summed E-state index contributed by atoms with van der Waals surface area (Å²) in [5.41, 5.74) is 0.197. The van der Waals surface area contributed by atoms with Crippen LogP contribution in [0.5, 0.6) is 0 Å². The van der Waals surface area contributed by atoms with Gasteiger partial charge in [-0.2, -0.15) is 0 Å². The molecule has 1 aromatic rings. The third kappa shape index (κ3) is 4.92. The van der Waals surface area contributed by atoms with E-state index in [-0.39, 0.29) is 35.7 Å². The van der Waals surface area contributed by atoms with Crippen LogP contribution in [0.15, 0.2) is 16.7 Å². The molecule has 0 aromatic carbocycles. The van der Waals surface area contributed by atoms with Gasteiger partial charge in [0.1, 0.15) is 24.5 Å². The van der Waals surface area contributed by atoms with E-state index >= 15 is 0 Å². The van der Waals surface area contributed by atoms with E-state index in [2.05, 4.69) is 10.6 Å². The lowest BCUT2D eigenvalue weighted by atomic mass is 9.87. The van der Waals surface area contributed by atoms with Gasteiger partial charge in [-0.05, 0) is 31.7 Å². The lowest BCUT2D eigenvalue weighted by molar-refractivity contribution is -0.128. The van der Waals surface area contributed by atoms with Crippen molar-refractivity contribution < 1.29 is 23.5 Å². The largest absolute Gasteiger partial charge is 0.469 e. The third-order valence-corrected chi connectivity index (χ3v) is 4.14.